The fourth-order valence-corrected chi connectivity index (χ4v) is 2.62. The van der Waals surface area contributed by atoms with Crippen LogP contribution in [0.25, 0.3) is 0 Å². The third-order valence-electron chi connectivity index (χ3n) is 4.13. The van der Waals surface area contributed by atoms with Crippen LogP contribution in [0.3, 0.4) is 0 Å². The Bertz CT molecular complexity index is 218. The van der Waals surface area contributed by atoms with Crippen LogP contribution in [-0.4, -0.2) is 62.7 Å². The molecule has 0 amide bonds. The molecule has 0 aromatic heterocycles. The zero-order chi connectivity index (χ0) is 13.5. The summed E-state index contributed by atoms with van der Waals surface area (Å²) in [6.45, 7) is 13.0. The summed E-state index contributed by atoms with van der Waals surface area (Å²) in [5.74, 6) is 1.68. The summed E-state index contributed by atoms with van der Waals surface area (Å²) in [7, 11) is 4.50. The van der Waals surface area contributed by atoms with Crippen LogP contribution in [0.2, 0.25) is 0 Å². The summed E-state index contributed by atoms with van der Waals surface area (Å²) in [5.41, 5.74) is 0. The van der Waals surface area contributed by atoms with E-state index in [9.17, 15) is 0 Å². The van der Waals surface area contributed by atoms with E-state index in [0.29, 0.717) is 6.04 Å². The molecule has 0 spiro atoms. The number of nitrogens with one attached hydrogen (secondary N) is 1. The highest BCUT2D eigenvalue weighted by atomic mass is 15.2. The maximum absolute atomic E-state index is 3.58. The highest BCUT2D eigenvalue weighted by molar-refractivity contribution is 4.77. The molecule has 0 radical (unpaired) electrons. The van der Waals surface area contributed by atoms with E-state index in [1.54, 1.807) is 0 Å². The molecule has 1 aliphatic rings. The molecule has 108 valence electrons. The van der Waals surface area contributed by atoms with Gasteiger partial charge in [-0.1, -0.05) is 13.8 Å². The molecule has 1 heterocycles. The van der Waals surface area contributed by atoms with Gasteiger partial charge in [-0.05, 0) is 58.8 Å². The fraction of sp³-hybridized carbons (Fsp3) is 1.00. The van der Waals surface area contributed by atoms with E-state index in [1.807, 2.05) is 0 Å². The highest BCUT2D eigenvalue weighted by Gasteiger charge is 2.22. The number of hydrogen-bond donors (Lipinski definition) is 1. The Morgan fingerprint density at radius 3 is 2.61 bits per heavy atom. The van der Waals surface area contributed by atoms with Gasteiger partial charge in [0.15, 0.2) is 0 Å². The lowest BCUT2D eigenvalue weighted by Gasteiger charge is -2.27. The van der Waals surface area contributed by atoms with Crippen molar-refractivity contribution in [2.45, 2.75) is 39.7 Å². The van der Waals surface area contributed by atoms with Gasteiger partial charge in [0.05, 0.1) is 0 Å². The molecule has 0 aliphatic carbocycles. The standard InChI is InChI=1S/C15H33N3/c1-13(2)6-8-16-10-14(3)18(5)12-15-7-9-17(4)11-15/h13-16H,6-12H2,1-5H3. The van der Waals surface area contributed by atoms with Gasteiger partial charge in [-0.2, -0.15) is 0 Å². The fourth-order valence-electron chi connectivity index (χ4n) is 2.62. The number of rotatable bonds is 8. The van der Waals surface area contributed by atoms with E-state index in [4.69, 9.17) is 0 Å². The lowest BCUT2D eigenvalue weighted by atomic mass is 10.1. The topological polar surface area (TPSA) is 18.5 Å². The quantitative estimate of drug-likeness (QED) is 0.668. The van der Waals surface area contributed by atoms with Gasteiger partial charge < -0.3 is 15.1 Å². The lowest BCUT2D eigenvalue weighted by Crippen LogP contribution is -2.41. The Morgan fingerprint density at radius 1 is 1.33 bits per heavy atom. The van der Waals surface area contributed by atoms with Crippen LogP contribution in [0, 0.1) is 11.8 Å². The summed E-state index contributed by atoms with van der Waals surface area (Å²) >= 11 is 0. The lowest BCUT2D eigenvalue weighted by molar-refractivity contribution is 0.213. The van der Waals surface area contributed by atoms with Crippen LogP contribution in [0.15, 0.2) is 0 Å². The average Bonchev–Trinajstić information content (AvgIpc) is 2.69. The largest absolute Gasteiger partial charge is 0.315 e. The SMILES string of the molecule is CC(C)CCNCC(C)N(C)CC1CCN(C)C1. The summed E-state index contributed by atoms with van der Waals surface area (Å²) in [4.78, 5) is 4.97. The molecule has 1 rings (SSSR count). The van der Waals surface area contributed by atoms with Crippen LogP contribution in [0.1, 0.15) is 33.6 Å². The van der Waals surface area contributed by atoms with Crippen LogP contribution in [0.4, 0.5) is 0 Å². The molecule has 2 unspecified atom stereocenters. The number of nitrogens with zero attached hydrogens (tertiary/aromatic N) is 2. The van der Waals surface area contributed by atoms with Gasteiger partial charge in [0, 0.05) is 25.7 Å². The summed E-state index contributed by atoms with van der Waals surface area (Å²) in [5, 5.41) is 3.58. The summed E-state index contributed by atoms with van der Waals surface area (Å²) in [6, 6.07) is 0.642. The Morgan fingerprint density at radius 2 is 2.06 bits per heavy atom. The first-order chi connectivity index (χ1) is 8.49. The molecule has 0 aromatic carbocycles. The first-order valence-electron chi connectivity index (χ1n) is 7.58. The van der Waals surface area contributed by atoms with Crippen molar-refractivity contribution in [3.05, 3.63) is 0 Å². The van der Waals surface area contributed by atoms with Gasteiger partial charge in [0.25, 0.3) is 0 Å². The van der Waals surface area contributed by atoms with Gasteiger partial charge in [0.2, 0.25) is 0 Å². The van der Waals surface area contributed by atoms with Crippen molar-refractivity contribution in [1.29, 1.82) is 0 Å². The molecule has 1 aliphatic heterocycles. The van der Waals surface area contributed by atoms with Crippen LogP contribution in [0.5, 0.6) is 0 Å². The third-order valence-corrected chi connectivity index (χ3v) is 4.13. The molecule has 18 heavy (non-hydrogen) atoms. The van der Waals surface area contributed by atoms with Gasteiger partial charge in [-0.25, -0.2) is 0 Å². The van der Waals surface area contributed by atoms with Gasteiger partial charge >= 0.3 is 0 Å². The smallest absolute Gasteiger partial charge is 0.0189 e. The number of hydrogen-bond acceptors (Lipinski definition) is 3. The number of likely N-dealkylation sites (tertiary alicyclic amines) is 1. The minimum absolute atomic E-state index is 0.642. The predicted octanol–water partition coefficient (Wildman–Crippen LogP) is 1.89. The zero-order valence-electron chi connectivity index (χ0n) is 13.1. The molecule has 3 nitrogen and oxygen atoms in total. The first-order valence-corrected chi connectivity index (χ1v) is 7.58. The Balaban J connectivity index is 2.10. The van der Waals surface area contributed by atoms with Crippen LogP contribution >= 0.6 is 0 Å². The van der Waals surface area contributed by atoms with Crippen molar-refractivity contribution in [2.75, 3.05) is 46.8 Å². The zero-order valence-corrected chi connectivity index (χ0v) is 13.1. The molecule has 2 atom stereocenters. The molecule has 1 fully saturated rings. The van der Waals surface area contributed by atoms with Crippen molar-refractivity contribution in [2.24, 2.45) is 11.8 Å². The van der Waals surface area contributed by atoms with Crippen molar-refractivity contribution >= 4 is 0 Å². The Hall–Kier alpha value is -0.120. The molecule has 3 heteroatoms. The van der Waals surface area contributed by atoms with E-state index >= 15 is 0 Å². The number of likely N-dealkylation sites (N-methyl/N-ethyl adjacent to an activating group) is 1. The van der Waals surface area contributed by atoms with Crippen molar-refractivity contribution in [3.63, 3.8) is 0 Å². The van der Waals surface area contributed by atoms with Gasteiger partial charge in [-0.15, -0.1) is 0 Å². The predicted molar refractivity (Wildman–Crippen MR) is 80.0 cm³/mol. The normalized spacial score (nSPS) is 23.2. The van der Waals surface area contributed by atoms with E-state index in [1.165, 1.54) is 32.5 Å². The molecule has 0 aromatic rings. The van der Waals surface area contributed by atoms with Crippen LogP contribution in [-0.2, 0) is 0 Å². The van der Waals surface area contributed by atoms with Gasteiger partial charge in [0.1, 0.15) is 0 Å². The maximum Gasteiger partial charge on any atom is 0.0189 e. The molecule has 1 saturated heterocycles. The Kier molecular flexibility index (Phi) is 7.20. The monoisotopic (exact) mass is 255 g/mol. The van der Waals surface area contributed by atoms with Crippen molar-refractivity contribution < 1.29 is 0 Å². The van der Waals surface area contributed by atoms with Gasteiger partial charge in [-0.3, -0.25) is 0 Å². The second-order valence-electron chi connectivity index (χ2n) is 6.59. The molecule has 0 bridgehead atoms. The second-order valence-corrected chi connectivity index (χ2v) is 6.59. The summed E-state index contributed by atoms with van der Waals surface area (Å²) < 4.78 is 0. The Labute approximate surface area is 114 Å². The molecular formula is C15H33N3. The van der Waals surface area contributed by atoms with E-state index in [2.05, 4.69) is 50.0 Å². The average molecular weight is 255 g/mol. The third kappa shape index (κ3) is 6.17. The minimum atomic E-state index is 0.642. The minimum Gasteiger partial charge on any atom is -0.315 e. The van der Waals surface area contributed by atoms with Crippen LogP contribution < -0.4 is 5.32 Å². The first kappa shape index (κ1) is 15.9. The molecular weight excluding hydrogens is 222 g/mol. The second kappa shape index (κ2) is 8.13. The van der Waals surface area contributed by atoms with Crippen molar-refractivity contribution in [3.8, 4) is 0 Å². The van der Waals surface area contributed by atoms with Crippen molar-refractivity contribution in [1.82, 2.24) is 15.1 Å². The molecule has 0 saturated carbocycles. The van der Waals surface area contributed by atoms with E-state index < -0.39 is 0 Å². The summed E-state index contributed by atoms with van der Waals surface area (Å²) in [6.07, 6.45) is 2.65. The maximum atomic E-state index is 3.58. The van der Waals surface area contributed by atoms with E-state index in [-0.39, 0.29) is 0 Å². The highest BCUT2D eigenvalue weighted by Crippen LogP contribution is 2.15. The molecule has 1 N–H and O–H groups in total. The van der Waals surface area contributed by atoms with E-state index in [0.717, 1.165) is 24.9 Å².